The van der Waals surface area contributed by atoms with Gasteiger partial charge in [-0.15, -0.1) is 53.0 Å². The highest BCUT2D eigenvalue weighted by Crippen LogP contribution is 2.42. The van der Waals surface area contributed by atoms with E-state index in [1.807, 2.05) is 19.0 Å². The van der Waals surface area contributed by atoms with Crippen LogP contribution in [0.4, 0.5) is 9.93 Å². The number of esters is 1. The van der Waals surface area contributed by atoms with Crippen molar-refractivity contribution in [3.63, 3.8) is 0 Å². The number of aromatic nitrogens is 5. The SMILES string of the molecule is CN(C)CCn1nnnc1SCC1=C(C(=O)OCCOC(=O)OC2CCCCC2)N2C(=O)[C@H](NC(=O)Cc3csc(N)n3)[C@@H]2SC1.Cl.Cl. The normalized spacial score (nSPS) is 19.1. The maximum absolute atomic E-state index is 13.5. The predicted octanol–water partition coefficient (Wildman–Crippen LogP) is 2.13. The third-order valence-electron chi connectivity index (χ3n) is 7.45. The minimum absolute atomic E-state index is 0. The Kier molecular flexibility index (Phi) is 15.5. The number of nitrogens with zero attached hydrogens (tertiary/aromatic N) is 7. The molecule has 2 amide bonds. The lowest BCUT2D eigenvalue weighted by atomic mass is 9.98. The molecule has 266 valence electrons. The summed E-state index contributed by atoms with van der Waals surface area (Å²) in [6, 6.07) is -0.818. The molecule has 3 N–H and O–H groups in total. The molecule has 2 fully saturated rings. The van der Waals surface area contributed by atoms with E-state index < -0.39 is 29.4 Å². The molecule has 2 atom stereocenters. The van der Waals surface area contributed by atoms with Crippen molar-refractivity contribution in [3.05, 3.63) is 22.3 Å². The average molecular weight is 769 g/mol. The van der Waals surface area contributed by atoms with Crippen molar-refractivity contribution in [3.8, 4) is 0 Å². The van der Waals surface area contributed by atoms with Gasteiger partial charge in [-0.25, -0.2) is 19.3 Å². The van der Waals surface area contributed by atoms with E-state index in [1.54, 1.807) is 10.1 Å². The molecule has 48 heavy (non-hydrogen) atoms. The first kappa shape index (κ1) is 39.6. The quantitative estimate of drug-likeness (QED) is 0.123. The van der Waals surface area contributed by atoms with Gasteiger partial charge in [-0.1, -0.05) is 18.2 Å². The first-order valence-electron chi connectivity index (χ1n) is 14.9. The largest absolute Gasteiger partial charge is 0.508 e. The van der Waals surface area contributed by atoms with Crippen molar-refractivity contribution in [1.29, 1.82) is 0 Å². The smallest absolute Gasteiger partial charge is 0.457 e. The number of amides is 2. The zero-order valence-electron chi connectivity index (χ0n) is 26.4. The highest BCUT2D eigenvalue weighted by atomic mass is 35.5. The Balaban J connectivity index is 0.00000312. The lowest BCUT2D eigenvalue weighted by Crippen LogP contribution is -2.70. The standard InChI is InChI=1S/C27H37N9O7S3.2ClH/c1-34(2)8-9-35-26(31-32-33-35)46-14-16-13-44-23-20(30-19(37)12-17-15-45-25(28)29-17)22(38)36(23)21(16)24(39)41-10-11-42-27(40)43-18-6-4-3-5-7-18;;/h15,18,20,23H,3-14H2,1-2H3,(H2,28,29)(H,30,37);2*1H/t20-,23-;;/m0../s1. The summed E-state index contributed by atoms with van der Waals surface area (Å²) >= 11 is 4.01. The van der Waals surface area contributed by atoms with Crippen LogP contribution in [0.5, 0.6) is 0 Å². The van der Waals surface area contributed by atoms with Gasteiger partial charge in [0.15, 0.2) is 5.13 Å². The zero-order valence-corrected chi connectivity index (χ0v) is 30.5. The Morgan fingerprint density at radius 3 is 2.60 bits per heavy atom. The summed E-state index contributed by atoms with van der Waals surface area (Å²) in [5, 5.41) is 16.8. The van der Waals surface area contributed by atoms with Gasteiger partial charge in [0.2, 0.25) is 11.1 Å². The van der Waals surface area contributed by atoms with Crippen LogP contribution in [0.3, 0.4) is 0 Å². The number of nitrogens with one attached hydrogen (secondary N) is 1. The van der Waals surface area contributed by atoms with E-state index in [1.165, 1.54) is 39.8 Å². The van der Waals surface area contributed by atoms with Crippen LogP contribution in [0.15, 0.2) is 21.8 Å². The molecule has 1 aliphatic carbocycles. The number of thiazole rings is 1. The molecule has 1 saturated carbocycles. The number of likely N-dealkylation sites (N-methyl/N-ethyl adjacent to an activating group) is 1. The number of anilines is 1. The highest BCUT2D eigenvalue weighted by Gasteiger charge is 2.54. The van der Waals surface area contributed by atoms with E-state index in [-0.39, 0.29) is 62.2 Å². The topological polar surface area (TPSA) is 197 Å². The van der Waals surface area contributed by atoms with Gasteiger partial charge in [-0.3, -0.25) is 14.5 Å². The predicted molar refractivity (Wildman–Crippen MR) is 184 cm³/mol. The zero-order chi connectivity index (χ0) is 32.6. The van der Waals surface area contributed by atoms with Gasteiger partial charge in [0.1, 0.15) is 36.4 Å². The highest BCUT2D eigenvalue weighted by molar-refractivity contribution is 8.01. The second-order valence-corrected chi connectivity index (χ2v) is 14.1. The fraction of sp³-hybridized carbons (Fsp3) is 0.630. The summed E-state index contributed by atoms with van der Waals surface area (Å²) in [6.45, 7) is 0.900. The van der Waals surface area contributed by atoms with Crippen molar-refractivity contribution in [2.45, 2.75) is 67.7 Å². The second kappa shape index (κ2) is 18.8. The number of thioether (sulfide) groups is 2. The summed E-state index contributed by atoms with van der Waals surface area (Å²) in [4.78, 5) is 59.1. The van der Waals surface area contributed by atoms with E-state index >= 15 is 0 Å². The fourth-order valence-corrected chi connectivity index (χ4v) is 8.09. The molecule has 16 nitrogen and oxygen atoms in total. The molecule has 0 radical (unpaired) electrons. The summed E-state index contributed by atoms with van der Waals surface area (Å²) in [7, 11) is 3.91. The number of fused-ring (bicyclic) bond motifs is 1. The Hall–Kier alpha value is -2.84. The van der Waals surface area contributed by atoms with Crippen LogP contribution < -0.4 is 11.1 Å². The minimum Gasteiger partial charge on any atom is -0.457 e. The Labute approximate surface area is 302 Å². The lowest BCUT2D eigenvalue weighted by Gasteiger charge is -2.49. The van der Waals surface area contributed by atoms with Crippen LogP contribution >= 0.6 is 59.7 Å². The van der Waals surface area contributed by atoms with Crippen molar-refractivity contribution in [2.75, 3.05) is 51.1 Å². The minimum atomic E-state index is -0.818. The van der Waals surface area contributed by atoms with Crippen LogP contribution in [0, 0.1) is 0 Å². The lowest BCUT2D eigenvalue weighted by molar-refractivity contribution is -0.153. The van der Waals surface area contributed by atoms with Gasteiger partial charge in [-0.05, 0) is 55.8 Å². The van der Waals surface area contributed by atoms with Crippen LogP contribution in [0.1, 0.15) is 37.8 Å². The third kappa shape index (κ3) is 10.3. The molecule has 0 bridgehead atoms. The number of carbonyl (C=O) groups excluding carboxylic acids is 4. The maximum atomic E-state index is 13.5. The molecule has 2 aliphatic heterocycles. The summed E-state index contributed by atoms with van der Waals surface area (Å²) in [5.74, 6) is -0.804. The maximum Gasteiger partial charge on any atom is 0.508 e. The average Bonchev–Trinajstić information content (AvgIpc) is 3.67. The summed E-state index contributed by atoms with van der Waals surface area (Å²) in [6.07, 6.45) is 3.80. The molecular formula is C27H39Cl2N9O7S3. The van der Waals surface area contributed by atoms with Gasteiger partial charge in [0.25, 0.3) is 5.91 Å². The second-order valence-electron chi connectivity index (χ2n) is 11.1. The summed E-state index contributed by atoms with van der Waals surface area (Å²) in [5.41, 5.74) is 6.94. The number of tetrazole rings is 1. The Morgan fingerprint density at radius 1 is 1.15 bits per heavy atom. The van der Waals surface area contributed by atoms with Gasteiger partial charge >= 0.3 is 12.1 Å². The first-order valence-corrected chi connectivity index (χ1v) is 17.8. The van der Waals surface area contributed by atoms with E-state index in [9.17, 15) is 19.2 Å². The van der Waals surface area contributed by atoms with Crippen LogP contribution in [0.2, 0.25) is 0 Å². The number of ether oxygens (including phenoxy) is 3. The molecule has 0 spiro atoms. The number of nitrogen functional groups attached to an aromatic ring is 1. The number of hydrogen-bond acceptors (Lipinski definition) is 16. The van der Waals surface area contributed by atoms with E-state index in [0.717, 1.165) is 38.6 Å². The van der Waals surface area contributed by atoms with Gasteiger partial charge in [-0.2, -0.15) is 0 Å². The monoisotopic (exact) mass is 767 g/mol. The van der Waals surface area contributed by atoms with E-state index in [4.69, 9.17) is 19.9 Å². The number of nitrogens with two attached hydrogens (primary N) is 1. The van der Waals surface area contributed by atoms with Gasteiger partial charge in [0, 0.05) is 23.4 Å². The molecular weight excluding hydrogens is 729 g/mol. The molecule has 21 heteroatoms. The molecule has 0 aromatic carbocycles. The molecule has 4 heterocycles. The van der Waals surface area contributed by atoms with E-state index in [0.29, 0.717) is 39.6 Å². The molecule has 2 aromatic heterocycles. The number of carbonyl (C=O) groups is 4. The Morgan fingerprint density at radius 2 is 1.90 bits per heavy atom. The Bertz CT molecular complexity index is 1460. The molecule has 1 saturated heterocycles. The number of halogens is 2. The van der Waals surface area contributed by atoms with Crippen LogP contribution in [-0.4, -0.2) is 122 Å². The molecule has 5 rings (SSSR count). The fourth-order valence-electron chi connectivity index (χ4n) is 5.14. The molecule has 3 aliphatic rings. The van der Waals surface area contributed by atoms with Crippen molar-refractivity contribution < 1.29 is 33.4 Å². The first-order chi connectivity index (χ1) is 22.2. The van der Waals surface area contributed by atoms with Crippen LogP contribution in [0.25, 0.3) is 0 Å². The number of β-lactam (4-membered cyclic amide) rings is 1. The van der Waals surface area contributed by atoms with Crippen molar-refractivity contribution >= 4 is 88.7 Å². The third-order valence-corrected chi connectivity index (χ3v) is 10.6. The number of hydrogen-bond donors (Lipinski definition) is 2. The van der Waals surface area contributed by atoms with Gasteiger partial charge in [0.05, 0.1) is 18.7 Å². The molecule has 2 aromatic rings. The number of rotatable bonds is 14. The van der Waals surface area contributed by atoms with Crippen LogP contribution in [-0.2, 0) is 41.6 Å². The van der Waals surface area contributed by atoms with Crippen molar-refractivity contribution in [1.82, 2.24) is 40.3 Å². The summed E-state index contributed by atoms with van der Waals surface area (Å²) < 4.78 is 17.6. The van der Waals surface area contributed by atoms with Crippen molar-refractivity contribution in [2.24, 2.45) is 0 Å². The molecule has 0 unspecified atom stereocenters. The van der Waals surface area contributed by atoms with Gasteiger partial charge < -0.3 is 30.2 Å². The van der Waals surface area contributed by atoms with E-state index in [2.05, 4.69) is 25.8 Å².